The molecule has 0 aromatic carbocycles. The second-order valence-corrected chi connectivity index (χ2v) is 9.82. The minimum Gasteiger partial charge on any atom is -0.363 e. The average molecular weight is 577 g/mol. The second-order valence-electron chi connectivity index (χ2n) is 9.82. The standard InChI is InChI=1S/C23H22F7N7O3/c24-19(25)18-13(10-40-35-18)20(38)34-17(12-1-3-22(26,27)4-2-12)14-8-37-16(32-14)5-11(6-31-37)7-36-9-15(23(28,29)30)33-21(36)39/h5-6,8,10,12,15,17,19H,1-4,7,9H2,(H,33,39)(H,34,38)/t15-,17?/m0/s1. The van der Waals surface area contributed by atoms with Gasteiger partial charge in [0.15, 0.2) is 11.3 Å². The van der Waals surface area contributed by atoms with Gasteiger partial charge in [0.1, 0.15) is 17.9 Å². The highest BCUT2D eigenvalue weighted by molar-refractivity contribution is 5.95. The zero-order valence-electron chi connectivity index (χ0n) is 20.5. The lowest BCUT2D eigenvalue weighted by Gasteiger charge is -2.33. The Hall–Kier alpha value is -3.92. The summed E-state index contributed by atoms with van der Waals surface area (Å²) in [6.45, 7) is -0.775. The maximum atomic E-state index is 13.9. The van der Waals surface area contributed by atoms with Crippen molar-refractivity contribution < 1.29 is 44.8 Å². The van der Waals surface area contributed by atoms with E-state index in [2.05, 4.69) is 25.1 Å². The molecule has 216 valence electrons. The summed E-state index contributed by atoms with van der Waals surface area (Å²) in [5.41, 5.74) is -0.596. The van der Waals surface area contributed by atoms with Gasteiger partial charge < -0.3 is 20.1 Å². The molecule has 1 unspecified atom stereocenters. The summed E-state index contributed by atoms with van der Waals surface area (Å²) in [4.78, 5) is 30.3. The Balaban J connectivity index is 1.39. The van der Waals surface area contributed by atoms with E-state index in [9.17, 15) is 40.3 Å². The van der Waals surface area contributed by atoms with Crippen LogP contribution < -0.4 is 10.6 Å². The Kier molecular flexibility index (Phi) is 7.08. The van der Waals surface area contributed by atoms with Crippen molar-refractivity contribution in [1.29, 1.82) is 0 Å². The molecule has 2 fully saturated rings. The van der Waals surface area contributed by atoms with Gasteiger partial charge in [-0.15, -0.1) is 0 Å². The van der Waals surface area contributed by atoms with E-state index in [1.165, 1.54) is 23.0 Å². The number of carbonyl (C=O) groups is 2. The van der Waals surface area contributed by atoms with Crippen LogP contribution in [0.25, 0.3) is 5.65 Å². The first-order valence-corrected chi connectivity index (χ1v) is 12.2. The molecule has 1 saturated heterocycles. The number of amides is 3. The summed E-state index contributed by atoms with van der Waals surface area (Å²) in [5.74, 6) is -4.34. The smallest absolute Gasteiger partial charge is 0.363 e. The number of alkyl halides is 7. The summed E-state index contributed by atoms with van der Waals surface area (Å²) in [5, 5.41) is 11.8. The number of hydrogen-bond donors (Lipinski definition) is 2. The zero-order valence-corrected chi connectivity index (χ0v) is 20.5. The third kappa shape index (κ3) is 5.67. The lowest BCUT2D eigenvalue weighted by atomic mass is 9.81. The van der Waals surface area contributed by atoms with Gasteiger partial charge in [-0.3, -0.25) is 4.79 Å². The van der Waals surface area contributed by atoms with Crippen LogP contribution in [-0.2, 0) is 6.54 Å². The first-order chi connectivity index (χ1) is 18.8. The Morgan fingerprint density at radius 3 is 2.62 bits per heavy atom. The number of aromatic nitrogens is 4. The Morgan fingerprint density at radius 1 is 1.25 bits per heavy atom. The van der Waals surface area contributed by atoms with E-state index in [4.69, 9.17) is 0 Å². The molecule has 4 heterocycles. The van der Waals surface area contributed by atoms with Gasteiger partial charge in [0.05, 0.1) is 30.7 Å². The van der Waals surface area contributed by atoms with Gasteiger partial charge in [-0.1, -0.05) is 5.16 Å². The molecule has 0 radical (unpaired) electrons. The van der Waals surface area contributed by atoms with Crippen LogP contribution in [0.1, 0.15) is 65.5 Å². The van der Waals surface area contributed by atoms with Crippen LogP contribution in [0.15, 0.2) is 29.2 Å². The number of hydrogen-bond acceptors (Lipinski definition) is 6. The van der Waals surface area contributed by atoms with Crippen molar-refractivity contribution in [2.24, 2.45) is 5.92 Å². The molecule has 3 amide bonds. The molecule has 3 aromatic rings. The van der Waals surface area contributed by atoms with Crippen molar-refractivity contribution in [3.05, 3.63) is 47.2 Å². The number of imidazole rings is 1. The Bertz CT molecular complexity index is 1400. The third-order valence-electron chi connectivity index (χ3n) is 7.04. The molecule has 5 rings (SSSR count). The summed E-state index contributed by atoms with van der Waals surface area (Å²) in [6.07, 6.45) is -5.02. The number of nitrogens with zero attached hydrogens (tertiary/aromatic N) is 5. The molecule has 40 heavy (non-hydrogen) atoms. The summed E-state index contributed by atoms with van der Waals surface area (Å²) < 4.78 is 99.0. The van der Waals surface area contributed by atoms with Gasteiger partial charge in [0.25, 0.3) is 12.3 Å². The summed E-state index contributed by atoms with van der Waals surface area (Å²) in [6, 6.07) is -2.38. The molecule has 1 aliphatic heterocycles. The number of fused-ring (bicyclic) bond motifs is 1. The van der Waals surface area contributed by atoms with Crippen LogP contribution in [-0.4, -0.2) is 61.3 Å². The maximum Gasteiger partial charge on any atom is 0.410 e. The van der Waals surface area contributed by atoms with Gasteiger partial charge in [-0.05, 0) is 30.4 Å². The van der Waals surface area contributed by atoms with E-state index in [0.717, 1.165) is 11.2 Å². The highest BCUT2D eigenvalue weighted by Crippen LogP contribution is 2.41. The minimum absolute atomic E-state index is 0.0142. The molecule has 10 nitrogen and oxygen atoms in total. The lowest BCUT2D eigenvalue weighted by molar-refractivity contribution is -0.149. The van der Waals surface area contributed by atoms with Crippen molar-refractivity contribution in [2.45, 2.75) is 62.8 Å². The van der Waals surface area contributed by atoms with Gasteiger partial charge in [-0.25, -0.2) is 31.9 Å². The van der Waals surface area contributed by atoms with Gasteiger partial charge >= 0.3 is 12.2 Å². The number of halogens is 7. The molecule has 2 atom stereocenters. The zero-order chi connectivity index (χ0) is 28.8. The van der Waals surface area contributed by atoms with Crippen LogP contribution in [0.3, 0.4) is 0 Å². The minimum atomic E-state index is -4.60. The largest absolute Gasteiger partial charge is 0.410 e. The normalized spacial score (nSPS) is 20.8. The highest BCUT2D eigenvalue weighted by Gasteiger charge is 2.47. The number of nitrogens with one attached hydrogen (secondary N) is 2. The van der Waals surface area contributed by atoms with E-state index in [-0.39, 0.29) is 30.7 Å². The van der Waals surface area contributed by atoms with E-state index >= 15 is 0 Å². The van der Waals surface area contributed by atoms with E-state index in [0.29, 0.717) is 5.56 Å². The summed E-state index contributed by atoms with van der Waals surface area (Å²) in [7, 11) is 0. The SMILES string of the molecule is O=C(NC(c1cn2ncc(CN3C[C@@H](C(F)(F)F)NC3=O)cc2n1)C1CCC(F)(F)CC1)c1conc1C(F)F. The lowest BCUT2D eigenvalue weighted by Crippen LogP contribution is -2.40. The monoisotopic (exact) mass is 577 g/mol. The Morgan fingerprint density at radius 2 is 1.98 bits per heavy atom. The number of urea groups is 1. The first-order valence-electron chi connectivity index (χ1n) is 12.2. The van der Waals surface area contributed by atoms with Crippen LogP contribution in [0.2, 0.25) is 0 Å². The quantitative estimate of drug-likeness (QED) is 0.402. The van der Waals surface area contributed by atoms with Crippen LogP contribution in [0.5, 0.6) is 0 Å². The van der Waals surface area contributed by atoms with Crippen molar-refractivity contribution in [3.8, 4) is 0 Å². The van der Waals surface area contributed by atoms with Crippen LogP contribution in [0.4, 0.5) is 35.5 Å². The fourth-order valence-electron chi connectivity index (χ4n) is 4.92. The van der Waals surface area contributed by atoms with Crippen LogP contribution in [0, 0.1) is 5.92 Å². The number of carbonyl (C=O) groups excluding carboxylic acids is 2. The predicted octanol–water partition coefficient (Wildman–Crippen LogP) is 4.41. The van der Waals surface area contributed by atoms with Crippen LogP contribution >= 0.6 is 0 Å². The maximum absolute atomic E-state index is 13.9. The topological polar surface area (TPSA) is 118 Å². The molecule has 3 aromatic heterocycles. The Labute approximate surface area is 220 Å². The van der Waals surface area contributed by atoms with Crippen molar-refractivity contribution >= 4 is 17.6 Å². The molecular weight excluding hydrogens is 555 g/mol. The molecule has 17 heteroatoms. The fraction of sp³-hybridized carbons (Fsp3) is 0.522. The molecule has 0 bridgehead atoms. The molecular formula is C23H22F7N7O3. The van der Waals surface area contributed by atoms with Crippen molar-refractivity contribution in [3.63, 3.8) is 0 Å². The molecule has 1 aliphatic carbocycles. The fourth-order valence-corrected chi connectivity index (χ4v) is 4.92. The van der Waals surface area contributed by atoms with E-state index in [1.54, 1.807) is 0 Å². The molecule has 2 aliphatic rings. The second kappa shape index (κ2) is 10.2. The molecule has 1 saturated carbocycles. The van der Waals surface area contributed by atoms with Gasteiger partial charge in [0, 0.05) is 19.4 Å². The van der Waals surface area contributed by atoms with Crippen molar-refractivity contribution in [2.75, 3.05) is 6.54 Å². The van der Waals surface area contributed by atoms with Crippen molar-refractivity contribution in [1.82, 2.24) is 35.3 Å². The van der Waals surface area contributed by atoms with E-state index < -0.39 is 79.1 Å². The first kappa shape index (κ1) is 27.6. The highest BCUT2D eigenvalue weighted by atomic mass is 19.4. The molecule has 2 N–H and O–H groups in total. The number of rotatable bonds is 7. The third-order valence-corrected chi connectivity index (χ3v) is 7.04. The van der Waals surface area contributed by atoms with Gasteiger partial charge in [-0.2, -0.15) is 18.3 Å². The molecule has 0 spiro atoms. The predicted molar refractivity (Wildman–Crippen MR) is 120 cm³/mol. The average Bonchev–Trinajstić information content (AvgIpc) is 3.61. The summed E-state index contributed by atoms with van der Waals surface area (Å²) >= 11 is 0. The van der Waals surface area contributed by atoms with E-state index in [1.807, 2.05) is 5.32 Å². The van der Waals surface area contributed by atoms with Gasteiger partial charge in [0.2, 0.25) is 5.92 Å².